The van der Waals surface area contributed by atoms with E-state index in [1.54, 1.807) is 11.8 Å². The fourth-order valence-corrected chi connectivity index (χ4v) is 6.49. The maximum Gasteiger partial charge on any atom is 0.435 e. The number of thiophene rings is 1. The first kappa shape index (κ1) is 28.2. The quantitative estimate of drug-likeness (QED) is 0.432. The number of likely N-dealkylation sites (N-methyl/N-ethyl adjacent to an activating group) is 1. The predicted molar refractivity (Wildman–Crippen MR) is 153 cm³/mol. The van der Waals surface area contributed by atoms with E-state index in [9.17, 15) is 9.59 Å². The highest BCUT2D eigenvalue weighted by atomic mass is 32.1. The van der Waals surface area contributed by atoms with Gasteiger partial charge in [0.15, 0.2) is 5.82 Å². The van der Waals surface area contributed by atoms with Crippen molar-refractivity contribution in [1.29, 1.82) is 0 Å². The van der Waals surface area contributed by atoms with Crippen molar-refractivity contribution in [3.8, 4) is 0 Å². The first-order valence-electron chi connectivity index (χ1n) is 13.7. The highest BCUT2D eigenvalue weighted by Crippen LogP contribution is 2.43. The number of amides is 2. The van der Waals surface area contributed by atoms with Gasteiger partial charge in [0.25, 0.3) is 0 Å². The van der Waals surface area contributed by atoms with Gasteiger partial charge in [0.1, 0.15) is 16.5 Å². The molecule has 5 rings (SSSR count). The lowest BCUT2D eigenvalue weighted by atomic mass is 9.91. The maximum absolute atomic E-state index is 13.9. The molecule has 12 nitrogen and oxygen atoms in total. The van der Waals surface area contributed by atoms with E-state index >= 15 is 0 Å². The van der Waals surface area contributed by atoms with E-state index in [0.717, 1.165) is 35.2 Å². The van der Waals surface area contributed by atoms with Crippen molar-refractivity contribution in [3.63, 3.8) is 0 Å². The van der Waals surface area contributed by atoms with Gasteiger partial charge in [-0.3, -0.25) is 0 Å². The third kappa shape index (κ3) is 5.37. The van der Waals surface area contributed by atoms with Crippen LogP contribution in [0.25, 0.3) is 10.2 Å². The number of carbonyl (C=O) groups excluding carboxylic acids is 2. The molecule has 2 N–H and O–H groups in total. The minimum atomic E-state index is -0.837. The van der Waals surface area contributed by atoms with Gasteiger partial charge in [-0.1, -0.05) is 0 Å². The Kier molecular flexibility index (Phi) is 7.98. The van der Waals surface area contributed by atoms with Crippen LogP contribution in [0, 0.1) is 12.8 Å². The summed E-state index contributed by atoms with van der Waals surface area (Å²) in [7, 11) is 4.03. The summed E-state index contributed by atoms with van der Waals surface area (Å²) in [6.07, 6.45) is 1.22. The van der Waals surface area contributed by atoms with Crippen LogP contribution in [0.4, 0.5) is 21.2 Å². The normalized spacial score (nSPS) is 17.7. The van der Waals surface area contributed by atoms with Gasteiger partial charge in [0.05, 0.1) is 29.8 Å². The number of hydrogen-bond acceptors (Lipinski definition) is 10. The molecule has 40 heavy (non-hydrogen) atoms. The first-order valence-corrected chi connectivity index (χ1v) is 14.6. The number of carbonyl (C=O) groups is 2. The zero-order valence-corrected chi connectivity index (χ0v) is 24.8. The molecule has 0 saturated carbocycles. The molecule has 3 aromatic heterocycles. The van der Waals surface area contributed by atoms with Gasteiger partial charge in [0, 0.05) is 31.4 Å². The van der Waals surface area contributed by atoms with E-state index in [-0.39, 0.29) is 25.2 Å². The number of ether oxygens (including phenoxy) is 2. The molecule has 13 heteroatoms. The summed E-state index contributed by atoms with van der Waals surface area (Å²) in [5.41, 5.74) is 0.533. The average Bonchev–Trinajstić information content (AvgIpc) is 3.58. The number of anilines is 2. The van der Waals surface area contributed by atoms with Crippen LogP contribution in [-0.2, 0) is 21.6 Å². The monoisotopic (exact) mass is 570 g/mol. The fourth-order valence-electron chi connectivity index (χ4n) is 5.69. The fraction of sp³-hybridized carbons (Fsp3) is 0.593. The lowest BCUT2D eigenvalue weighted by Gasteiger charge is -2.37. The number of aromatic nitrogens is 4. The minimum absolute atomic E-state index is 0.0269. The van der Waals surface area contributed by atoms with Gasteiger partial charge in [-0.15, -0.1) is 16.4 Å². The van der Waals surface area contributed by atoms with E-state index in [4.69, 9.17) is 9.47 Å². The second-order valence-corrected chi connectivity index (χ2v) is 12.0. The summed E-state index contributed by atoms with van der Waals surface area (Å²) in [6, 6.07) is 1.75. The minimum Gasteiger partial charge on any atom is -0.448 e. The highest BCUT2D eigenvalue weighted by molar-refractivity contribution is 7.16. The third-order valence-electron chi connectivity index (χ3n) is 7.62. The van der Waals surface area contributed by atoms with Crippen molar-refractivity contribution in [1.82, 2.24) is 34.9 Å². The molecule has 0 radical (unpaired) electrons. The Balaban J connectivity index is 1.48. The molecule has 2 aliphatic rings. The molecule has 0 aromatic carbocycles. The standard InChI is InChI=1S/C27H38N8O4S/c1-7-39-26(37)35-21-19(23(32-35)31-22-18-10-13-40-24(18)29-16(2)28-22)14-34(27(21,3)4)25(36)30-20(15-33(5)6)17-8-11-38-12-9-17/h10,13,17,20H,7-9,11-12,14-15H2,1-6H3,(H,30,36)(H,28,29,31,32)/t20-/m1/s1. The molecule has 216 valence electrons. The summed E-state index contributed by atoms with van der Waals surface area (Å²) >= 11 is 1.53. The summed E-state index contributed by atoms with van der Waals surface area (Å²) in [4.78, 5) is 40.8. The number of rotatable bonds is 7. The van der Waals surface area contributed by atoms with E-state index in [0.29, 0.717) is 42.3 Å². The van der Waals surface area contributed by atoms with Gasteiger partial charge in [0.2, 0.25) is 0 Å². The zero-order chi connectivity index (χ0) is 28.6. The summed E-state index contributed by atoms with van der Waals surface area (Å²) in [5.74, 6) is 2.02. The molecule has 1 saturated heterocycles. The van der Waals surface area contributed by atoms with Crippen LogP contribution in [0.5, 0.6) is 0 Å². The van der Waals surface area contributed by atoms with Crippen LogP contribution in [0.2, 0.25) is 0 Å². The van der Waals surface area contributed by atoms with Crippen LogP contribution in [0.1, 0.15) is 50.7 Å². The van der Waals surface area contributed by atoms with Crippen molar-refractivity contribution < 1.29 is 19.1 Å². The highest BCUT2D eigenvalue weighted by Gasteiger charge is 2.47. The average molecular weight is 571 g/mol. The van der Waals surface area contributed by atoms with Crippen LogP contribution < -0.4 is 10.6 Å². The number of urea groups is 1. The predicted octanol–water partition coefficient (Wildman–Crippen LogP) is 4.06. The second-order valence-electron chi connectivity index (χ2n) is 11.1. The van der Waals surface area contributed by atoms with Crippen LogP contribution in [0.3, 0.4) is 0 Å². The van der Waals surface area contributed by atoms with Crippen LogP contribution in [0.15, 0.2) is 11.4 Å². The van der Waals surface area contributed by atoms with E-state index in [2.05, 4.69) is 30.6 Å². The van der Waals surface area contributed by atoms with Crippen LogP contribution >= 0.6 is 11.3 Å². The largest absolute Gasteiger partial charge is 0.448 e. The molecule has 2 amide bonds. The van der Waals surface area contributed by atoms with Crippen LogP contribution in [-0.4, -0.2) is 88.2 Å². The molecule has 0 bridgehead atoms. The Morgan fingerprint density at radius 1 is 1.25 bits per heavy atom. The Morgan fingerprint density at radius 3 is 2.70 bits per heavy atom. The molecule has 5 heterocycles. The Morgan fingerprint density at radius 2 is 2.00 bits per heavy atom. The number of aryl methyl sites for hydroxylation is 1. The van der Waals surface area contributed by atoms with Gasteiger partial charge >= 0.3 is 12.1 Å². The second kappa shape index (κ2) is 11.3. The Labute approximate surface area is 238 Å². The van der Waals surface area contributed by atoms with E-state index in [1.165, 1.54) is 16.0 Å². The number of hydrogen-bond donors (Lipinski definition) is 2. The summed E-state index contributed by atoms with van der Waals surface area (Å²) < 4.78 is 12.2. The molecule has 1 fully saturated rings. The Bertz CT molecular complexity index is 1390. The molecule has 0 unspecified atom stereocenters. The lowest BCUT2D eigenvalue weighted by molar-refractivity contribution is 0.0488. The molecule has 3 aromatic rings. The van der Waals surface area contributed by atoms with Crippen molar-refractivity contribution in [2.24, 2.45) is 5.92 Å². The van der Waals surface area contributed by atoms with Gasteiger partial charge in [-0.25, -0.2) is 19.6 Å². The molecule has 0 spiro atoms. The smallest absolute Gasteiger partial charge is 0.435 e. The van der Waals surface area contributed by atoms with Crippen molar-refractivity contribution in [2.45, 2.75) is 58.7 Å². The van der Waals surface area contributed by atoms with Crippen molar-refractivity contribution >= 4 is 45.3 Å². The molecule has 1 atom stereocenters. The summed E-state index contributed by atoms with van der Waals surface area (Å²) in [6.45, 7) is 10.1. The number of fused-ring (bicyclic) bond motifs is 2. The number of nitrogens with one attached hydrogen (secondary N) is 2. The molecular weight excluding hydrogens is 532 g/mol. The van der Waals surface area contributed by atoms with E-state index in [1.807, 2.05) is 46.3 Å². The number of nitrogens with zero attached hydrogens (tertiary/aromatic N) is 6. The SMILES string of the molecule is CCOC(=O)n1nc(Nc2nc(C)nc3sccc23)c2c1C(C)(C)N(C(=O)N[C@H](CN(C)C)C1CCOCC1)C2. The molecular formula is C27H38N8O4S. The topological polar surface area (TPSA) is 127 Å². The van der Waals surface area contributed by atoms with E-state index < -0.39 is 11.6 Å². The Hall–Kier alpha value is -3.29. The first-order chi connectivity index (χ1) is 19.1. The zero-order valence-electron chi connectivity index (χ0n) is 24.0. The van der Waals surface area contributed by atoms with Crippen molar-refractivity contribution in [3.05, 3.63) is 28.5 Å². The summed E-state index contributed by atoms with van der Waals surface area (Å²) in [5, 5.41) is 14.1. The lowest BCUT2D eigenvalue weighted by Crippen LogP contribution is -2.54. The molecule has 0 aliphatic carbocycles. The third-order valence-corrected chi connectivity index (χ3v) is 8.43. The van der Waals surface area contributed by atoms with Gasteiger partial charge in [-0.05, 0) is 72.0 Å². The van der Waals surface area contributed by atoms with Gasteiger partial charge < -0.3 is 29.9 Å². The molecule has 2 aliphatic heterocycles. The van der Waals surface area contributed by atoms with Crippen molar-refractivity contribution in [2.75, 3.05) is 45.8 Å². The maximum atomic E-state index is 13.9. The van der Waals surface area contributed by atoms with Gasteiger partial charge in [-0.2, -0.15) is 4.68 Å².